The van der Waals surface area contributed by atoms with Crippen molar-refractivity contribution in [1.82, 2.24) is 14.8 Å². The molecule has 2 fully saturated rings. The maximum Gasteiger partial charge on any atom is 0.257 e. The summed E-state index contributed by atoms with van der Waals surface area (Å²) in [5.74, 6) is 3.07. The number of likely N-dealkylation sites (tertiary alicyclic amines) is 2. The van der Waals surface area contributed by atoms with Crippen LogP contribution in [0.5, 0.6) is 0 Å². The summed E-state index contributed by atoms with van der Waals surface area (Å²) in [6.45, 7) is 8.84. The predicted molar refractivity (Wildman–Crippen MR) is 104 cm³/mol. The Morgan fingerprint density at radius 3 is 2.63 bits per heavy atom. The molecule has 2 aromatic rings. The minimum absolute atomic E-state index is 0.140. The van der Waals surface area contributed by atoms with Crippen LogP contribution in [0.15, 0.2) is 35.0 Å². The van der Waals surface area contributed by atoms with Crippen LogP contribution in [0.2, 0.25) is 0 Å². The third kappa shape index (κ3) is 4.08. The van der Waals surface area contributed by atoms with Crippen LogP contribution >= 0.6 is 0 Å². The van der Waals surface area contributed by atoms with Gasteiger partial charge < -0.3 is 9.32 Å². The summed E-state index contributed by atoms with van der Waals surface area (Å²) in [6.07, 6.45) is 7.39. The van der Waals surface area contributed by atoms with Gasteiger partial charge in [-0.05, 0) is 75.7 Å². The van der Waals surface area contributed by atoms with Gasteiger partial charge in [0.1, 0.15) is 11.5 Å². The van der Waals surface area contributed by atoms with Crippen molar-refractivity contribution in [1.29, 1.82) is 0 Å². The molecule has 4 heterocycles. The van der Waals surface area contributed by atoms with Gasteiger partial charge in [-0.2, -0.15) is 0 Å². The van der Waals surface area contributed by atoms with E-state index in [0.717, 1.165) is 62.1 Å². The van der Waals surface area contributed by atoms with Crippen LogP contribution in [0.25, 0.3) is 0 Å². The van der Waals surface area contributed by atoms with E-state index in [1.54, 1.807) is 0 Å². The second-order valence-electron chi connectivity index (χ2n) is 8.10. The van der Waals surface area contributed by atoms with Gasteiger partial charge in [-0.15, -0.1) is 0 Å². The molecule has 1 amide bonds. The lowest BCUT2D eigenvalue weighted by Crippen LogP contribution is -2.37. The van der Waals surface area contributed by atoms with Crippen molar-refractivity contribution in [2.45, 2.75) is 39.7 Å². The summed E-state index contributed by atoms with van der Waals surface area (Å²) in [5.41, 5.74) is 2.03. The molecule has 2 aliphatic rings. The van der Waals surface area contributed by atoms with Crippen LogP contribution in [-0.2, 0) is 6.54 Å². The molecular formula is C22H29N3O2. The Hall–Kier alpha value is -2.14. The van der Waals surface area contributed by atoms with Crippen molar-refractivity contribution in [2.24, 2.45) is 11.8 Å². The van der Waals surface area contributed by atoms with Gasteiger partial charge >= 0.3 is 0 Å². The van der Waals surface area contributed by atoms with Crippen LogP contribution in [0.3, 0.4) is 0 Å². The molecule has 27 heavy (non-hydrogen) atoms. The Balaban J connectivity index is 1.29. The first-order valence-corrected chi connectivity index (χ1v) is 10.1. The van der Waals surface area contributed by atoms with Gasteiger partial charge in [0.05, 0.1) is 5.56 Å². The zero-order chi connectivity index (χ0) is 18.8. The quantitative estimate of drug-likeness (QED) is 0.827. The molecule has 4 rings (SSSR count). The second-order valence-corrected chi connectivity index (χ2v) is 8.10. The van der Waals surface area contributed by atoms with Crippen molar-refractivity contribution in [3.63, 3.8) is 0 Å². The highest BCUT2D eigenvalue weighted by Crippen LogP contribution is 2.33. The highest BCUT2D eigenvalue weighted by molar-refractivity contribution is 5.95. The molecule has 0 bridgehead atoms. The number of carbonyl (C=O) groups excluding carboxylic acids is 1. The van der Waals surface area contributed by atoms with Crippen molar-refractivity contribution < 1.29 is 9.21 Å². The summed E-state index contributed by atoms with van der Waals surface area (Å²) in [5, 5.41) is 0. The van der Waals surface area contributed by atoms with E-state index in [9.17, 15) is 4.79 Å². The Morgan fingerprint density at radius 2 is 1.96 bits per heavy atom. The Morgan fingerprint density at radius 1 is 1.19 bits per heavy atom. The third-order valence-electron chi connectivity index (χ3n) is 6.21. The molecular weight excluding hydrogens is 338 g/mol. The highest BCUT2D eigenvalue weighted by Gasteiger charge is 2.34. The third-order valence-corrected chi connectivity index (χ3v) is 6.21. The van der Waals surface area contributed by atoms with Gasteiger partial charge in [0.15, 0.2) is 0 Å². The minimum Gasteiger partial charge on any atom is -0.466 e. The summed E-state index contributed by atoms with van der Waals surface area (Å²) >= 11 is 0. The van der Waals surface area contributed by atoms with Gasteiger partial charge in [-0.3, -0.25) is 14.7 Å². The first kappa shape index (κ1) is 18.2. The molecule has 144 valence electrons. The molecule has 5 nitrogen and oxygen atoms in total. The normalized spacial score (nSPS) is 21.7. The number of aromatic nitrogens is 1. The first-order valence-electron chi connectivity index (χ1n) is 10.1. The lowest BCUT2D eigenvalue weighted by atomic mass is 9.83. The summed E-state index contributed by atoms with van der Waals surface area (Å²) < 4.78 is 5.54. The van der Waals surface area contributed by atoms with E-state index in [1.807, 2.05) is 43.3 Å². The van der Waals surface area contributed by atoms with E-state index >= 15 is 0 Å². The standard InChI is InChI=1S/C22H29N3O2/c1-16-12-21(17(2)27-16)22(26)25-11-7-20(15-25)19-5-9-24(10-6-19)14-18-4-3-8-23-13-18/h3-4,8,12-13,19-20H,5-7,9-11,14-15H2,1-2H3/t20-/m0/s1. The van der Waals surface area contributed by atoms with Gasteiger partial charge in [0, 0.05) is 32.0 Å². The lowest BCUT2D eigenvalue weighted by Gasteiger charge is -2.34. The highest BCUT2D eigenvalue weighted by atomic mass is 16.3. The molecule has 1 atom stereocenters. The zero-order valence-electron chi connectivity index (χ0n) is 16.4. The number of nitrogens with zero attached hydrogens (tertiary/aromatic N) is 3. The lowest BCUT2D eigenvalue weighted by molar-refractivity contribution is 0.0771. The van der Waals surface area contributed by atoms with Crippen molar-refractivity contribution >= 4 is 5.91 Å². The van der Waals surface area contributed by atoms with Gasteiger partial charge in [-0.1, -0.05) is 6.07 Å². The molecule has 0 N–H and O–H groups in total. The van der Waals surface area contributed by atoms with E-state index < -0.39 is 0 Å². The molecule has 0 aromatic carbocycles. The molecule has 2 aromatic heterocycles. The fourth-order valence-corrected chi connectivity index (χ4v) is 4.70. The fourth-order valence-electron chi connectivity index (χ4n) is 4.70. The molecule has 5 heteroatoms. The largest absolute Gasteiger partial charge is 0.466 e. The number of hydrogen-bond donors (Lipinski definition) is 0. The Labute approximate surface area is 161 Å². The monoisotopic (exact) mass is 367 g/mol. The number of piperidine rings is 1. The van der Waals surface area contributed by atoms with Crippen LogP contribution in [0.4, 0.5) is 0 Å². The number of furan rings is 1. The average Bonchev–Trinajstić information content (AvgIpc) is 3.29. The van der Waals surface area contributed by atoms with E-state index in [1.165, 1.54) is 18.4 Å². The van der Waals surface area contributed by atoms with Crippen molar-refractivity contribution in [3.8, 4) is 0 Å². The molecule has 2 saturated heterocycles. The van der Waals surface area contributed by atoms with Crippen LogP contribution in [0.1, 0.15) is 46.7 Å². The average molecular weight is 367 g/mol. The zero-order valence-corrected chi connectivity index (χ0v) is 16.4. The summed E-state index contributed by atoms with van der Waals surface area (Å²) in [6, 6.07) is 6.04. The molecule has 0 spiro atoms. The number of pyridine rings is 1. The van der Waals surface area contributed by atoms with E-state index in [0.29, 0.717) is 5.92 Å². The topological polar surface area (TPSA) is 49.6 Å². The first-order chi connectivity index (χ1) is 13.1. The van der Waals surface area contributed by atoms with Gasteiger partial charge in [0.25, 0.3) is 5.91 Å². The van der Waals surface area contributed by atoms with E-state index in [4.69, 9.17) is 4.42 Å². The minimum atomic E-state index is 0.140. The van der Waals surface area contributed by atoms with Gasteiger partial charge in [0.2, 0.25) is 0 Å². The number of hydrogen-bond acceptors (Lipinski definition) is 4. The number of amides is 1. The SMILES string of the molecule is Cc1cc(C(=O)N2CC[C@H](C3CCN(Cc4cccnc4)CC3)C2)c(C)o1. The maximum atomic E-state index is 12.8. The van der Waals surface area contributed by atoms with Crippen LogP contribution < -0.4 is 0 Å². The van der Waals surface area contributed by atoms with Crippen LogP contribution in [-0.4, -0.2) is 46.9 Å². The predicted octanol–water partition coefficient (Wildman–Crippen LogP) is 3.67. The number of carbonyl (C=O) groups is 1. The molecule has 0 unspecified atom stereocenters. The maximum absolute atomic E-state index is 12.8. The molecule has 0 radical (unpaired) electrons. The number of rotatable bonds is 4. The summed E-state index contributed by atoms with van der Waals surface area (Å²) in [4.78, 5) is 21.6. The van der Waals surface area contributed by atoms with Crippen molar-refractivity contribution in [3.05, 3.63) is 53.2 Å². The smallest absolute Gasteiger partial charge is 0.257 e. The fraction of sp³-hybridized carbons (Fsp3) is 0.545. The van der Waals surface area contributed by atoms with Crippen molar-refractivity contribution in [2.75, 3.05) is 26.2 Å². The number of aryl methyl sites for hydroxylation is 2. The van der Waals surface area contributed by atoms with Crippen LogP contribution in [0, 0.1) is 25.7 Å². The van der Waals surface area contributed by atoms with E-state index in [-0.39, 0.29) is 5.91 Å². The molecule has 0 saturated carbocycles. The Bertz CT molecular complexity index is 778. The molecule has 2 aliphatic heterocycles. The molecule has 0 aliphatic carbocycles. The summed E-state index contributed by atoms with van der Waals surface area (Å²) in [7, 11) is 0. The van der Waals surface area contributed by atoms with Gasteiger partial charge in [-0.25, -0.2) is 0 Å². The van der Waals surface area contributed by atoms with E-state index in [2.05, 4.69) is 16.0 Å². The second kappa shape index (κ2) is 7.85. The Kier molecular flexibility index (Phi) is 5.30.